The maximum atomic E-state index is 14.4. The average molecular weight is 394 g/mol. The zero-order valence-corrected chi connectivity index (χ0v) is 15.3. The van der Waals surface area contributed by atoms with Crippen LogP contribution in [0.5, 0.6) is 0 Å². The molecule has 136 valence electrons. The van der Waals surface area contributed by atoms with E-state index in [0.29, 0.717) is 10.9 Å². The normalized spacial score (nSPS) is 23.8. The van der Waals surface area contributed by atoms with Crippen LogP contribution in [0.15, 0.2) is 53.5 Å². The van der Waals surface area contributed by atoms with Crippen LogP contribution in [0.3, 0.4) is 0 Å². The molecule has 2 aliphatic heterocycles. The summed E-state index contributed by atoms with van der Waals surface area (Å²) in [5, 5.41) is 0.573. The van der Waals surface area contributed by atoms with Crippen molar-refractivity contribution >= 4 is 32.5 Å². The van der Waals surface area contributed by atoms with Gasteiger partial charge in [0.2, 0.25) is 0 Å². The Bertz CT molecular complexity index is 964. The second-order valence-electron chi connectivity index (χ2n) is 6.36. The van der Waals surface area contributed by atoms with E-state index < -0.39 is 33.6 Å². The molecule has 0 N–H and O–H groups in total. The van der Waals surface area contributed by atoms with Gasteiger partial charge in [-0.15, -0.1) is 0 Å². The van der Waals surface area contributed by atoms with Gasteiger partial charge in [-0.2, -0.15) is 0 Å². The fraction of sp³-hybridized carbons (Fsp3) is 0.278. The van der Waals surface area contributed by atoms with E-state index in [9.17, 15) is 17.2 Å². The molecule has 4 nitrogen and oxygen atoms in total. The zero-order chi connectivity index (χ0) is 18.3. The molecule has 0 saturated carbocycles. The molecular formula is C18H16F2N2O2S2. The van der Waals surface area contributed by atoms with Crippen LogP contribution in [0.25, 0.3) is 0 Å². The van der Waals surface area contributed by atoms with Crippen molar-refractivity contribution in [1.29, 1.82) is 0 Å². The molecule has 0 aromatic heterocycles. The predicted octanol–water partition coefficient (Wildman–Crippen LogP) is 3.24. The predicted molar refractivity (Wildman–Crippen MR) is 100 cm³/mol. The Hall–Kier alpha value is -1.93. The topological polar surface area (TPSA) is 49.7 Å². The van der Waals surface area contributed by atoms with Crippen LogP contribution in [0, 0.1) is 11.6 Å². The van der Waals surface area contributed by atoms with Gasteiger partial charge in [-0.25, -0.2) is 17.2 Å². The third-order valence-corrected chi connectivity index (χ3v) is 7.22. The number of hydrogen-bond donors (Lipinski definition) is 0. The van der Waals surface area contributed by atoms with Gasteiger partial charge in [0.1, 0.15) is 11.6 Å². The fourth-order valence-corrected chi connectivity index (χ4v) is 6.23. The quantitative estimate of drug-likeness (QED) is 0.802. The monoisotopic (exact) mass is 394 g/mol. The zero-order valence-electron chi connectivity index (χ0n) is 13.7. The van der Waals surface area contributed by atoms with Crippen molar-refractivity contribution in [2.45, 2.75) is 17.8 Å². The van der Waals surface area contributed by atoms with E-state index in [0.717, 1.165) is 11.6 Å². The van der Waals surface area contributed by atoms with Crippen LogP contribution in [-0.4, -0.2) is 37.2 Å². The van der Waals surface area contributed by atoms with E-state index in [1.54, 1.807) is 4.90 Å². The summed E-state index contributed by atoms with van der Waals surface area (Å²) >= 11 is 1.43. The Morgan fingerprint density at radius 3 is 2.62 bits per heavy atom. The molecule has 2 atom stereocenters. The van der Waals surface area contributed by atoms with Gasteiger partial charge >= 0.3 is 0 Å². The molecule has 2 aromatic carbocycles. The first kappa shape index (κ1) is 17.5. The summed E-state index contributed by atoms with van der Waals surface area (Å²) in [6, 6.07) is 12.2. The van der Waals surface area contributed by atoms with Crippen LogP contribution in [0.2, 0.25) is 0 Å². The number of fused-ring (bicyclic) bond motifs is 1. The lowest BCUT2D eigenvalue weighted by Gasteiger charge is -2.26. The molecule has 1 fully saturated rings. The highest BCUT2D eigenvalue weighted by atomic mass is 32.2. The molecular weight excluding hydrogens is 378 g/mol. The number of benzene rings is 2. The largest absolute Gasteiger partial charge is 0.312 e. The second kappa shape index (κ2) is 6.66. The number of halogens is 2. The fourth-order valence-electron chi connectivity index (χ4n) is 3.31. The summed E-state index contributed by atoms with van der Waals surface area (Å²) in [4.78, 5) is 6.17. The van der Waals surface area contributed by atoms with Crippen molar-refractivity contribution in [1.82, 2.24) is 0 Å². The van der Waals surface area contributed by atoms with Crippen LogP contribution >= 0.6 is 11.8 Å². The van der Waals surface area contributed by atoms with Gasteiger partial charge in [-0.1, -0.05) is 42.1 Å². The smallest absolute Gasteiger partial charge is 0.164 e. The lowest BCUT2D eigenvalue weighted by atomic mass is 10.1. The number of rotatable bonds is 3. The molecule has 0 aliphatic carbocycles. The van der Waals surface area contributed by atoms with Gasteiger partial charge in [0.15, 0.2) is 15.0 Å². The minimum Gasteiger partial charge on any atom is -0.312 e. The molecule has 2 heterocycles. The minimum atomic E-state index is -3.21. The van der Waals surface area contributed by atoms with Crippen molar-refractivity contribution in [2.75, 3.05) is 16.4 Å². The number of amidine groups is 1. The summed E-state index contributed by atoms with van der Waals surface area (Å²) in [5.41, 5.74) is 1.25. The summed E-state index contributed by atoms with van der Waals surface area (Å²) in [5.74, 6) is -0.871. The number of nitrogens with zero attached hydrogens (tertiary/aromatic N) is 2. The van der Waals surface area contributed by atoms with Gasteiger partial charge in [-0.3, -0.25) is 4.99 Å². The highest BCUT2D eigenvalue weighted by Gasteiger charge is 2.47. The van der Waals surface area contributed by atoms with E-state index in [1.807, 2.05) is 30.3 Å². The van der Waals surface area contributed by atoms with Gasteiger partial charge in [0.25, 0.3) is 0 Å². The van der Waals surface area contributed by atoms with E-state index in [1.165, 1.54) is 23.9 Å². The molecule has 0 bridgehead atoms. The third kappa shape index (κ3) is 3.35. The van der Waals surface area contributed by atoms with Crippen LogP contribution in [-0.2, 0) is 15.6 Å². The molecule has 0 radical (unpaired) electrons. The highest BCUT2D eigenvalue weighted by molar-refractivity contribution is 8.13. The number of aliphatic imine (C=N–C) groups is 1. The van der Waals surface area contributed by atoms with Crippen molar-refractivity contribution < 1.29 is 17.2 Å². The first-order valence-electron chi connectivity index (χ1n) is 8.12. The Balaban J connectivity index is 1.66. The van der Waals surface area contributed by atoms with Crippen molar-refractivity contribution in [3.63, 3.8) is 0 Å². The van der Waals surface area contributed by atoms with Crippen molar-refractivity contribution in [2.24, 2.45) is 4.99 Å². The summed E-state index contributed by atoms with van der Waals surface area (Å²) in [6.07, 6.45) is 0. The molecule has 0 amide bonds. The molecule has 2 aromatic rings. The van der Waals surface area contributed by atoms with E-state index in [2.05, 4.69) is 4.99 Å². The molecule has 2 aliphatic rings. The van der Waals surface area contributed by atoms with Crippen molar-refractivity contribution in [3.05, 3.63) is 65.7 Å². The highest BCUT2D eigenvalue weighted by Crippen LogP contribution is 2.37. The van der Waals surface area contributed by atoms with Gasteiger partial charge in [-0.05, 0) is 17.7 Å². The number of anilines is 1. The lowest BCUT2D eigenvalue weighted by Crippen LogP contribution is -2.39. The number of thioether (sulfide) groups is 1. The molecule has 0 spiro atoms. The first-order valence-corrected chi connectivity index (χ1v) is 10.9. The van der Waals surface area contributed by atoms with Gasteiger partial charge < -0.3 is 4.90 Å². The Kier molecular flexibility index (Phi) is 4.48. The van der Waals surface area contributed by atoms with Crippen molar-refractivity contribution in [3.8, 4) is 0 Å². The maximum absolute atomic E-state index is 14.4. The lowest BCUT2D eigenvalue weighted by molar-refractivity contribution is 0.577. The van der Waals surface area contributed by atoms with Gasteiger partial charge in [0.05, 0.1) is 29.3 Å². The molecule has 4 rings (SSSR count). The summed E-state index contributed by atoms with van der Waals surface area (Å²) in [7, 11) is -3.21. The number of sulfone groups is 1. The minimum absolute atomic E-state index is 0.0353. The van der Waals surface area contributed by atoms with Crippen LogP contribution in [0.1, 0.15) is 5.56 Å². The average Bonchev–Trinajstić information content (AvgIpc) is 3.06. The van der Waals surface area contributed by atoms with Crippen LogP contribution in [0.4, 0.5) is 14.5 Å². The van der Waals surface area contributed by atoms with Crippen LogP contribution < -0.4 is 4.90 Å². The third-order valence-electron chi connectivity index (χ3n) is 4.49. The molecule has 26 heavy (non-hydrogen) atoms. The summed E-state index contributed by atoms with van der Waals surface area (Å²) in [6.45, 7) is 0. The van der Waals surface area contributed by atoms with E-state index >= 15 is 0 Å². The first-order chi connectivity index (χ1) is 12.4. The number of hydrogen-bond acceptors (Lipinski definition) is 5. The maximum Gasteiger partial charge on any atom is 0.164 e. The standard InChI is InChI=1S/C18H16F2N2O2S2/c19-13-6-7-16(14(20)8-13)22-17-11-26(23,24)10-15(17)21-18(22)25-9-12-4-2-1-3-5-12/h1-8,15,17H,9-11H2/t15-,17-/m0/s1. The van der Waals surface area contributed by atoms with E-state index in [-0.39, 0.29) is 17.2 Å². The molecule has 8 heteroatoms. The molecule has 1 saturated heterocycles. The Morgan fingerprint density at radius 1 is 1.12 bits per heavy atom. The Labute approximate surface area is 154 Å². The Morgan fingerprint density at radius 2 is 1.88 bits per heavy atom. The summed E-state index contributed by atoms with van der Waals surface area (Å²) < 4.78 is 51.7. The SMILES string of the molecule is O=S1(=O)C[C@@H]2N=C(SCc3ccccc3)N(c3ccc(F)cc3F)[C@H]2C1. The van der Waals surface area contributed by atoms with Gasteiger partial charge in [0, 0.05) is 11.8 Å². The van der Waals surface area contributed by atoms with E-state index in [4.69, 9.17) is 0 Å². The molecule has 0 unspecified atom stereocenters. The second-order valence-corrected chi connectivity index (χ2v) is 9.46.